The maximum atomic E-state index is 12.8. The van der Waals surface area contributed by atoms with Crippen LogP contribution in [0.4, 0.5) is 4.39 Å². The van der Waals surface area contributed by atoms with Crippen LogP contribution < -0.4 is 4.74 Å². The minimum absolute atomic E-state index is 0.0479. The summed E-state index contributed by atoms with van der Waals surface area (Å²) in [6.45, 7) is 1.82. The van der Waals surface area contributed by atoms with Gasteiger partial charge in [-0.1, -0.05) is 0 Å². The summed E-state index contributed by atoms with van der Waals surface area (Å²) in [6, 6.07) is 4.02. The van der Waals surface area contributed by atoms with Gasteiger partial charge in [0.2, 0.25) is 0 Å². The molecule has 1 heterocycles. The van der Waals surface area contributed by atoms with Crippen LogP contribution in [0.1, 0.15) is 23.7 Å². The summed E-state index contributed by atoms with van der Waals surface area (Å²) < 4.78 is 18.1. The van der Waals surface area contributed by atoms with E-state index in [1.54, 1.807) is 0 Å². The Kier molecular flexibility index (Phi) is 1.79. The second-order valence-corrected chi connectivity index (χ2v) is 3.20. The largest absolute Gasteiger partial charge is 0.489 e. The lowest BCUT2D eigenvalue weighted by molar-refractivity contribution is 0.0870. The molecule has 68 valence electrons. The topological polar surface area (TPSA) is 26.3 Å². The SMILES string of the molecule is CC1CC(=O)c2cc(F)ccc2O1. The van der Waals surface area contributed by atoms with E-state index in [1.807, 2.05) is 6.92 Å². The number of carbonyl (C=O) groups is 1. The third kappa shape index (κ3) is 1.41. The second kappa shape index (κ2) is 2.83. The molecule has 0 saturated carbocycles. The van der Waals surface area contributed by atoms with Gasteiger partial charge in [-0.15, -0.1) is 0 Å². The van der Waals surface area contributed by atoms with Gasteiger partial charge in [-0.3, -0.25) is 4.79 Å². The number of halogens is 1. The summed E-state index contributed by atoms with van der Waals surface area (Å²) in [6.07, 6.45) is 0.224. The minimum Gasteiger partial charge on any atom is -0.489 e. The molecule has 1 aromatic rings. The third-order valence-electron chi connectivity index (χ3n) is 2.04. The number of rotatable bonds is 0. The zero-order valence-corrected chi connectivity index (χ0v) is 7.21. The van der Waals surface area contributed by atoms with E-state index >= 15 is 0 Å². The molecule has 0 saturated heterocycles. The van der Waals surface area contributed by atoms with E-state index in [2.05, 4.69) is 0 Å². The van der Waals surface area contributed by atoms with Gasteiger partial charge in [0.05, 0.1) is 5.56 Å². The van der Waals surface area contributed by atoms with Crippen LogP contribution in [0.15, 0.2) is 18.2 Å². The van der Waals surface area contributed by atoms with Crippen molar-refractivity contribution >= 4 is 5.78 Å². The summed E-state index contributed by atoms with van der Waals surface area (Å²) in [5.41, 5.74) is 0.359. The highest BCUT2D eigenvalue weighted by Crippen LogP contribution is 2.27. The van der Waals surface area contributed by atoms with E-state index < -0.39 is 5.82 Å². The molecule has 0 aliphatic carbocycles. The Balaban J connectivity index is 2.49. The van der Waals surface area contributed by atoms with E-state index in [0.717, 1.165) is 0 Å². The molecule has 0 spiro atoms. The summed E-state index contributed by atoms with van der Waals surface area (Å²) in [5, 5.41) is 0. The highest BCUT2D eigenvalue weighted by molar-refractivity contribution is 5.99. The number of hydrogen-bond donors (Lipinski definition) is 0. The Morgan fingerprint density at radius 2 is 2.31 bits per heavy atom. The first-order valence-corrected chi connectivity index (χ1v) is 4.16. The normalized spacial score (nSPS) is 20.8. The van der Waals surface area contributed by atoms with Crippen LogP contribution in [0.3, 0.4) is 0 Å². The first-order valence-electron chi connectivity index (χ1n) is 4.16. The maximum absolute atomic E-state index is 12.8. The van der Waals surface area contributed by atoms with Gasteiger partial charge < -0.3 is 4.74 Å². The average Bonchev–Trinajstić information content (AvgIpc) is 2.06. The van der Waals surface area contributed by atoms with E-state index in [9.17, 15) is 9.18 Å². The molecule has 0 bridgehead atoms. The number of benzene rings is 1. The smallest absolute Gasteiger partial charge is 0.170 e. The molecule has 0 fully saturated rings. The molecule has 13 heavy (non-hydrogen) atoms. The molecule has 1 unspecified atom stereocenters. The molecule has 2 rings (SSSR count). The monoisotopic (exact) mass is 180 g/mol. The molecular formula is C10H9FO2. The molecule has 0 N–H and O–H groups in total. The number of fused-ring (bicyclic) bond motifs is 1. The van der Waals surface area contributed by atoms with Crippen molar-refractivity contribution in [2.24, 2.45) is 0 Å². The Morgan fingerprint density at radius 1 is 1.54 bits per heavy atom. The van der Waals surface area contributed by atoms with Crippen LogP contribution in [0.5, 0.6) is 5.75 Å². The van der Waals surface area contributed by atoms with Gasteiger partial charge in [0.1, 0.15) is 17.7 Å². The zero-order chi connectivity index (χ0) is 9.42. The van der Waals surface area contributed by atoms with E-state index in [-0.39, 0.29) is 11.9 Å². The van der Waals surface area contributed by atoms with E-state index in [1.165, 1.54) is 18.2 Å². The molecule has 0 aromatic heterocycles. The number of carbonyl (C=O) groups excluding carboxylic acids is 1. The molecular weight excluding hydrogens is 171 g/mol. The quantitative estimate of drug-likeness (QED) is 0.611. The lowest BCUT2D eigenvalue weighted by Gasteiger charge is -2.21. The average molecular weight is 180 g/mol. The van der Waals surface area contributed by atoms with Crippen molar-refractivity contribution in [3.05, 3.63) is 29.6 Å². The predicted molar refractivity (Wildman–Crippen MR) is 45.4 cm³/mol. The van der Waals surface area contributed by atoms with Crippen molar-refractivity contribution in [2.45, 2.75) is 19.4 Å². The maximum Gasteiger partial charge on any atom is 0.170 e. The molecule has 1 atom stereocenters. The van der Waals surface area contributed by atoms with Crippen molar-refractivity contribution < 1.29 is 13.9 Å². The van der Waals surface area contributed by atoms with Crippen LogP contribution in [0.25, 0.3) is 0 Å². The molecule has 2 nitrogen and oxygen atoms in total. The van der Waals surface area contributed by atoms with Crippen molar-refractivity contribution in [1.29, 1.82) is 0 Å². The van der Waals surface area contributed by atoms with Crippen molar-refractivity contribution in [1.82, 2.24) is 0 Å². The summed E-state index contributed by atoms with van der Waals surface area (Å²) in [5.74, 6) is 0.0450. The number of Topliss-reactive ketones (excluding diaryl/α,β-unsaturated/α-hetero) is 1. The number of ether oxygens (including phenoxy) is 1. The van der Waals surface area contributed by atoms with Crippen LogP contribution in [-0.4, -0.2) is 11.9 Å². The van der Waals surface area contributed by atoms with Gasteiger partial charge in [0.15, 0.2) is 5.78 Å². The van der Waals surface area contributed by atoms with Gasteiger partial charge in [-0.2, -0.15) is 0 Å². The first-order chi connectivity index (χ1) is 6.16. The van der Waals surface area contributed by atoms with E-state index in [4.69, 9.17) is 4.74 Å². The second-order valence-electron chi connectivity index (χ2n) is 3.20. The molecule has 0 radical (unpaired) electrons. The standard InChI is InChI=1S/C10H9FO2/c1-6-4-9(12)8-5-7(11)2-3-10(8)13-6/h2-3,5-6H,4H2,1H3. The Morgan fingerprint density at radius 3 is 3.08 bits per heavy atom. The molecule has 1 aromatic carbocycles. The molecule has 3 heteroatoms. The van der Waals surface area contributed by atoms with Crippen molar-refractivity contribution in [2.75, 3.05) is 0 Å². The number of ketones is 1. The summed E-state index contributed by atoms with van der Waals surface area (Å²) >= 11 is 0. The molecule has 0 amide bonds. The summed E-state index contributed by atoms with van der Waals surface area (Å²) in [7, 11) is 0. The van der Waals surface area contributed by atoms with Crippen molar-refractivity contribution in [3.8, 4) is 5.75 Å². The van der Waals surface area contributed by atoms with E-state index in [0.29, 0.717) is 17.7 Å². The zero-order valence-electron chi connectivity index (χ0n) is 7.21. The lowest BCUT2D eigenvalue weighted by Crippen LogP contribution is -2.23. The molecule has 1 aliphatic rings. The van der Waals surface area contributed by atoms with Crippen LogP contribution >= 0.6 is 0 Å². The fourth-order valence-corrected chi connectivity index (χ4v) is 1.45. The van der Waals surface area contributed by atoms with Crippen LogP contribution in [-0.2, 0) is 0 Å². The summed E-state index contributed by atoms with van der Waals surface area (Å²) in [4.78, 5) is 11.4. The number of hydrogen-bond acceptors (Lipinski definition) is 2. The fourth-order valence-electron chi connectivity index (χ4n) is 1.45. The Hall–Kier alpha value is -1.38. The molecule has 1 aliphatic heterocycles. The minimum atomic E-state index is -0.398. The van der Waals surface area contributed by atoms with Gasteiger partial charge >= 0.3 is 0 Å². The van der Waals surface area contributed by atoms with Crippen LogP contribution in [0, 0.1) is 5.82 Å². The predicted octanol–water partition coefficient (Wildman–Crippen LogP) is 2.18. The van der Waals surface area contributed by atoms with Gasteiger partial charge in [0, 0.05) is 6.42 Å². The first kappa shape index (κ1) is 8.23. The lowest BCUT2D eigenvalue weighted by atomic mass is 10.0. The third-order valence-corrected chi connectivity index (χ3v) is 2.04. The fraction of sp³-hybridized carbons (Fsp3) is 0.300. The van der Waals surface area contributed by atoms with Gasteiger partial charge in [-0.05, 0) is 25.1 Å². The highest BCUT2D eigenvalue weighted by atomic mass is 19.1. The van der Waals surface area contributed by atoms with Gasteiger partial charge in [-0.25, -0.2) is 4.39 Å². The highest BCUT2D eigenvalue weighted by Gasteiger charge is 2.23. The Bertz CT molecular complexity index is 360. The Labute approximate surface area is 75.3 Å². The van der Waals surface area contributed by atoms with Crippen molar-refractivity contribution in [3.63, 3.8) is 0 Å². The van der Waals surface area contributed by atoms with Crippen LogP contribution in [0.2, 0.25) is 0 Å². The van der Waals surface area contributed by atoms with Gasteiger partial charge in [0.25, 0.3) is 0 Å².